The lowest BCUT2D eigenvalue weighted by Gasteiger charge is -2.11. The molecule has 4 nitrogen and oxygen atoms in total. The number of rotatable bonds is 4. The zero-order chi connectivity index (χ0) is 12.3. The zero-order valence-electron chi connectivity index (χ0n) is 9.46. The summed E-state index contributed by atoms with van der Waals surface area (Å²) in [5, 5.41) is 19.5. The number of hydrogen-bond acceptors (Lipinski definition) is 4. The molecule has 0 saturated heterocycles. The van der Waals surface area contributed by atoms with Gasteiger partial charge in [0.1, 0.15) is 11.5 Å². The summed E-state index contributed by atoms with van der Waals surface area (Å²) in [4.78, 5) is 0. The first-order valence-electron chi connectivity index (χ1n) is 5.39. The minimum atomic E-state index is -1.84. The second-order valence-corrected chi connectivity index (χ2v) is 3.52. The summed E-state index contributed by atoms with van der Waals surface area (Å²) in [6.07, 6.45) is 0. The van der Waals surface area contributed by atoms with E-state index in [2.05, 4.69) is 0 Å². The van der Waals surface area contributed by atoms with E-state index in [0.717, 1.165) is 10.8 Å². The molecule has 0 aliphatic rings. The molecule has 0 spiro atoms. The van der Waals surface area contributed by atoms with Crippen molar-refractivity contribution < 1.29 is 19.4 Å². The molecule has 17 heavy (non-hydrogen) atoms. The Bertz CT molecular complexity index is 513. The maximum absolute atomic E-state index is 8.88. The molecule has 0 atom stereocenters. The fourth-order valence-corrected chi connectivity index (χ4v) is 1.71. The molecule has 0 amide bonds. The van der Waals surface area contributed by atoms with Crippen molar-refractivity contribution in [1.82, 2.24) is 0 Å². The van der Waals surface area contributed by atoms with Crippen LogP contribution in [0.5, 0.6) is 11.5 Å². The average Bonchev–Trinajstić information content (AvgIpc) is 2.29. The number of ether oxygens (including phenoxy) is 1. The van der Waals surface area contributed by atoms with Crippen LogP contribution in [0.2, 0.25) is 0 Å². The Hall–Kier alpha value is -1.72. The van der Waals surface area contributed by atoms with Crippen molar-refractivity contribution in [3.8, 4) is 11.5 Å². The lowest BCUT2D eigenvalue weighted by molar-refractivity contribution is 0.288. The SMILES string of the molecule is CCOc1cc(OB(O)O)c2ccccc2c1. The molecule has 0 aromatic heterocycles. The molecule has 5 heteroatoms. The first kappa shape index (κ1) is 11.8. The van der Waals surface area contributed by atoms with Gasteiger partial charge in [-0.2, -0.15) is 0 Å². The van der Waals surface area contributed by atoms with Gasteiger partial charge in [-0.3, -0.25) is 0 Å². The van der Waals surface area contributed by atoms with E-state index in [4.69, 9.17) is 19.4 Å². The Morgan fingerprint density at radius 1 is 1.18 bits per heavy atom. The van der Waals surface area contributed by atoms with Gasteiger partial charge in [0, 0.05) is 11.5 Å². The van der Waals surface area contributed by atoms with Gasteiger partial charge in [-0.05, 0) is 18.4 Å². The summed E-state index contributed by atoms with van der Waals surface area (Å²) in [7, 11) is -1.84. The van der Waals surface area contributed by atoms with Gasteiger partial charge < -0.3 is 19.4 Å². The monoisotopic (exact) mass is 232 g/mol. The van der Waals surface area contributed by atoms with Gasteiger partial charge in [0.2, 0.25) is 0 Å². The molecule has 0 saturated carbocycles. The molecule has 88 valence electrons. The fraction of sp³-hybridized carbons (Fsp3) is 0.167. The molecule has 0 fully saturated rings. The number of hydrogen-bond donors (Lipinski definition) is 2. The van der Waals surface area contributed by atoms with Crippen molar-refractivity contribution in [1.29, 1.82) is 0 Å². The normalized spacial score (nSPS) is 10.3. The Morgan fingerprint density at radius 3 is 2.65 bits per heavy atom. The second-order valence-electron chi connectivity index (χ2n) is 3.52. The minimum Gasteiger partial charge on any atom is -0.511 e. The predicted octanol–water partition coefficient (Wildman–Crippen LogP) is 1.59. The predicted molar refractivity (Wildman–Crippen MR) is 65.9 cm³/mol. The highest BCUT2D eigenvalue weighted by Gasteiger charge is 2.14. The van der Waals surface area contributed by atoms with Gasteiger partial charge in [-0.1, -0.05) is 24.3 Å². The van der Waals surface area contributed by atoms with E-state index in [1.54, 1.807) is 6.07 Å². The quantitative estimate of drug-likeness (QED) is 0.785. The highest BCUT2D eigenvalue weighted by atomic mass is 16.6. The molecule has 0 heterocycles. The van der Waals surface area contributed by atoms with Gasteiger partial charge in [-0.15, -0.1) is 0 Å². The van der Waals surface area contributed by atoms with Gasteiger partial charge in [0.05, 0.1) is 6.61 Å². The molecule has 0 radical (unpaired) electrons. The molecule has 0 aliphatic carbocycles. The Labute approximate surface area is 99.6 Å². The molecule has 0 bridgehead atoms. The third kappa shape index (κ3) is 2.69. The Balaban J connectivity index is 2.52. The van der Waals surface area contributed by atoms with Gasteiger partial charge in [0.15, 0.2) is 0 Å². The summed E-state index contributed by atoms with van der Waals surface area (Å²) in [6, 6.07) is 11.1. The van der Waals surface area contributed by atoms with E-state index in [1.165, 1.54) is 0 Å². The van der Waals surface area contributed by atoms with Crippen LogP contribution in [0.4, 0.5) is 0 Å². The Morgan fingerprint density at radius 2 is 1.94 bits per heavy atom. The van der Waals surface area contributed by atoms with Crippen LogP contribution in [0.1, 0.15) is 6.92 Å². The molecule has 0 unspecified atom stereocenters. The number of benzene rings is 2. The van der Waals surface area contributed by atoms with Crippen LogP contribution in [0.25, 0.3) is 10.8 Å². The third-order valence-electron chi connectivity index (χ3n) is 2.34. The maximum atomic E-state index is 8.88. The van der Waals surface area contributed by atoms with E-state index < -0.39 is 7.32 Å². The molecule has 2 N–H and O–H groups in total. The zero-order valence-corrected chi connectivity index (χ0v) is 9.46. The molecule has 0 aliphatic heterocycles. The third-order valence-corrected chi connectivity index (χ3v) is 2.34. The lowest BCUT2D eigenvalue weighted by atomic mass is 10.1. The van der Waals surface area contributed by atoms with Crippen LogP contribution in [0, 0.1) is 0 Å². The maximum Gasteiger partial charge on any atom is 0.707 e. The Kier molecular flexibility index (Phi) is 3.51. The van der Waals surface area contributed by atoms with Crippen LogP contribution in [-0.2, 0) is 0 Å². The van der Waals surface area contributed by atoms with E-state index >= 15 is 0 Å². The average molecular weight is 232 g/mol. The second kappa shape index (κ2) is 5.08. The summed E-state index contributed by atoms with van der Waals surface area (Å²) >= 11 is 0. The van der Waals surface area contributed by atoms with Crippen LogP contribution >= 0.6 is 0 Å². The van der Waals surface area contributed by atoms with E-state index in [9.17, 15) is 0 Å². The molecule has 2 aromatic carbocycles. The van der Waals surface area contributed by atoms with Crippen molar-refractivity contribution in [2.75, 3.05) is 6.61 Å². The van der Waals surface area contributed by atoms with Crippen LogP contribution in [0.15, 0.2) is 36.4 Å². The summed E-state index contributed by atoms with van der Waals surface area (Å²) in [5.74, 6) is 1.03. The van der Waals surface area contributed by atoms with E-state index in [0.29, 0.717) is 18.1 Å². The highest BCUT2D eigenvalue weighted by molar-refractivity contribution is 6.34. The molecular formula is C12H13BO4. The highest BCUT2D eigenvalue weighted by Crippen LogP contribution is 2.31. The van der Waals surface area contributed by atoms with Crippen LogP contribution in [-0.4, -0.2) is 24.0 Å². The van der Waals surface area contributed by atoms with E-state index in [1.807, 2.05) is 37.3 Å². The van der Waals surface area contributed by atoms with Gasteiger partial charge in [0.25, 0.3) is 0 Å². The first-order chi connectivity index (χ1) is 8.20. The molecule has 2 rings (SSSR count). The van der Waals surface area contributed by atoms with Crippen LogP contribution in [0.3, 0.4) is 0 Å². The summed E-state index contributed by atoms with van der Waals surface area (Å²) < 4.78 is 10.3. The number of fused-ring (bicyclic) bond motifs is 1. The van der Waals surface area contributed by atoms with Crippen LogP contribution < -0.4 is 9.39 Å². The largest absolute Gasteiger partial charge is 0.707 e. The topological polar surface area (TPSA) is 58.9 Å². The summed E-state index contributed by atoms with van der Waals surface area (Å²) in [5.41, 5.74) is 0. The van der Waals surface area contributed by atoms with Crippen molar-refractivity contribution in [2.45, 2.75) is 6.92 Å². The first-order valence-corrected chi connectivity index (χ1v) is 5.39. The lowest BCUT2D eigenvalue weighted by Crippen LogP contribution is -2.20. The van der Waals surface area contributed by atoms with Crippen molar-refractivity contribution in [3.05, 3.63) is 36.4 Å². The van der Waals surface area contributed by atoms with Crippen molar-refractivity contribution in [3.63, 3.8) is 0 Å². The minimum absolute atomic E-state index is 0.390. The molecular weight excluding hydrogens is 219 g/mol. The van der Waals surface area contributed by atoms with Crippen molar-refractivity contribution >= 4 is 18.1 Å². The summed E-state index contributed by atoms with van der Waals surface area (Å²) in [6.45, 7) is 2.43. The fourth-order valence-electron chi connectivity index (χ4n) is 1.71. The molecule has 2 aromatic rings. The smallest absolute Gasteiger partial charge is 0.511 e. The van der Waals surface area contributed by atoms with Crippen molar-refractivity contribution in [2.24, 2.45) is 0 Å². The van der Waals surface area contributed by atoms with E-state index in [-0.39, 0.29) is 0 Å². The van der Waals surface area contributed by atoms with Gasteiger partial charge in [-0.25, -0.2) is 0 Å². The standard InChI is InChI=1S/C12H13BO4/c1-2-16-10-7-9-5-3-4-6-11(9)12(8-10)17-13(14)15/h3-8,14-15H,2H2,1H3. The van der Waals surface area contributed by atoms with Gasteiger partial charge >= 0.3 is 7.32 Å².